The lowest BCUT2D eigenvalue weighted by molar-refractivity contribution is 0.252. The zero-order valence-corrected chi connectivity index (χ0v) is 11.4. The summed E-state index contributed by atoms with van der Waals surface area (Å²) >= 11 is 0. The van der Waals surface area contributed by atoms with Crippen LogP contribution >= 0.6 is 0 Å². The molecule has 0 saturated carbocycles. The van der Waals surface area contributed by atoms with E-state index in [4.69, 9.17) is 0 Å². The van der Waals surface area contributed by atoms with Gasteiger partial charge in [-0.2, -0.15) is 9.78 Å². The summed E-state index contributed by atoms with van der Waals surface area (Å²) in [4.78, 5) is 12.3. The number of carbonyl (C=O) groups excluding carboxylic acids is 1. The van der Waals surface area contributed by atoms with E-state index >= 15 is 0 Å². The van der Waals surface area contributed by atoms with E-state index in [-0.39, 0.29) is 6.03 Å². The average Bonchev–Trinajstić information content (AvgIpc) is 2.84. The first kappa shape index (κ1) is 12.4. The molecule has 4 heteroatoms. The number of nitrogens with one attached hydrogen (secondary N) is 1. The molecule has 2 aromatic carbocycles. The zero-order chi connectivity index (χ0) is 14.1. The Balaban J connectivity index is 1.95. The first-order valence-corrected chi connectivity index (χ1v) is 6.46. The lowest BCUT2D eigenvalue weighted by atomic mass is 10.1. The highest BCUT2D eigenvalue weighted by atomic mass is 16.2. The number of aromatic nitrogens is 2. The summed E-state index contributed by atoms with van der Waals surface area (Å²) < 4.78 is 1.39. The van der Waals surface area contributed by atoms with E-state index in [9.17, 15) is 4.79 Å². The summed E-state index contributed by atoms with van der Waals surface area (Å²) in [5, 5.41) is 8.03. The number of anilines is 1. The smallest absolute Gasteiger partial charge is 0.306 e. The Morgan fingerprint density at radius 3 is 2.75 bits per heavy atom. The molecule has 20 heavy (non-hydrogen) atoms. The van der Waals surface area contributed by atoms with E-state index in [1.54, 1.807) is 6.20 Å². The van der Waals surface area contributed by atoms with Crippen molar-refractivity contribution in [2.24, 2.45) is 0 Å². The van der Waals surface area contributed by atoms with Crippen LogP contribution in [-0.2, 0) is 0 Å². The van der Waals surface area contributed by atoms with Crippen LogP contribution in [0, 0.1) is 13.8 Å². The molecular weight excluding hydrogens is 250 g/mol. The minimum atomic E-state index is -0.254. The summed E-state index contributed by atoms with van der Waals surface area (Å²) in [5.41, 5.74) is 3.79. The molecular formula is C16H15N3O. The van der Waals surface area contributed by atoms with Crippen LogP contribution < -0.4 is 5.32 Å². The number of carbonyl (C=O) groups is 1. The van der Waals surface area contributed by atoms with Crippen molar-refractivity contribution < 1.29 is 4.79 Å². The average molecular weight is 265 g/mol. The van der Waals surface area contributed by atoms with Gasteiger partial charge in [0.1, 0.15) is 0 Å². The minimum absolute atomic E-state index is 0.254. The Bertz CT molecular complexity index is 789. The van der Waals surface area contributed by atoms with Crippen LogP contribution in [0.4, 0.5) is 10.5 Å². The predicted molar refractivity (Wildman–Crippen MR) is 80.1 cm³/mol. The molecule has 1 amide bonds. The van der Waals surface area contributed by atoms with Crippen molar-refractivity contribution in [2.75, 3.05) is 5.32 Å². The van der Waals surface area contributed by atoms with Gasteiger partial charge < -0.3 is 5.32 Å². The molecule has 3 aromatic rings. The molecule has 0 atom stereocenters. The molecule has 100 valence electrons. The second kappa shape index (κ2) is 4.81. The molecule has 1 N–H and O–H groups in total. The van der Waals surface area contributed by atoms with E-state index in [1.165, 1.54) is 4.68 Å². The van der Waals surface area contributed by atoms with Gasteiger partial charge in [0.2, 0.25) is 0 Å². The SMILES string of the molecule is Cc1cccc(NC(=O)n2ncc3c(C)cccc32)c1. The van der Waals surface area contributed by atoms with Gasteiger partial charge >= 0.3 is 6.03 Å². The maximum atomic E-state index is 12.3. The van der Waals surface area contributed by atoms with Gasteiger partial charge in [-0.25, -0.2) is 4.79 Å². The third kappa shape index (κ3) is 2.16. The first-order valence-electron chi connectivity index (χ1n) is 6.46. The Morgan fingerprint density at radius 1 is 1.15 bits per heavy atom. The van der Waals surface area contributed by atoms with Gasteiger partial charge in [-0.15, -0.1) is 0 Å². The largest absolute Gasteiger partial charge is 0.347 e. The highest BCUT2D eigenvalue weighted by Gasteiger charge is 2.11. The predicted octanol–water partition coefficient (Wildman–Crippen LogP) is 3.73. The summed E-state index contributed by atoms with van der Waals surface area (Å²) in [6, 6.07) is 13.3. The van der Waals surface area contributed by atoms with Crippen molar-refractivity contribution in [2.45, 2.75) is 13.8 Å². The van der Waals surface area contributed by atoms with Crippen LogP contribution in [0.2, 0.25) is 0 Å². The number of aryl methyl sites for hydroxylation is 2. The van der Waals surface area contributed by atoms with E-state index in [0.29, 0.717) is 0 Å². The third-order valence-corrected chi connectivity index (χ3v) is 3.29. The summed E-state index contributed by atoms with van der Waals surface area (Å²) in [7, 11) is 0. The number of hydrogen-bond acceptors (Lipinski definition) is 2. The van der Waals surface area contributed by atoms with E-state index in [0.717, 1.165) is 27.7 Å². The van der Waals surface area contributed by atoms with Gasteiger partial charge in [0.05, 0.1) is 11.7 Å². The van der Waals surface area contributed by atoms with Crippen LogP contribution in [0.5, 0.6) is 0 Å². The van der Waals surface area contributed by atoms with E-state index in [2.05, 4.69) is 10.4 Å². The molecule has 0 bridgehead atoms. The normalized spacial score (nSPS) is 10.7. The quantitative estimate of drug-likeness (QED) is 0.728. The van der Waals surface area contributed by atoms with E-state index < -0.39 is 0 Å². The number of nitrogens with zero attached hydrogens (tertiary/aromatic N) is 2. The molecule has 0 unspecified atom stereocenters. The van der Waals surface area contributed by atoms with Gasteiger partial charge in [-0.05, 0) is 43.2 Å². The van der Waals surface area contributed by atoms with Gasteiger partial charge in [-0.1, -0.05) is 24.3 Å². The molecule has 0 radical (unpaired) electrons. The van der Waals surface area contributed by atoms with Crippen LogP contribution in [0.15, 0.2) is 48.7 Å². The van der Waals surface area contributed by atoms with Crippen molar-refractivity contribution in [3.8, 4) is 0 Å². The highest BCUT2D eigenvalue weighted by molar-refractivity contribution is 5.97. The lowest BCUT2D eigenvalue weighted by Crippen LogP contribution is -2.20. The molecule has 0 fully saturated rings. The molecule has 4 nitrogen and oxygen atoms in total. The molecule has 0 saturated heterocycles. The number of benzene rings is 2. The van der Waals surface area contributed by atoms with Gasteiger partial charge in [0.25, 0.3) is 0 Å². The highest BCUT2D eigenvalue weighted by Crippen LogP contribution is 2.18. The third-order valence-electron chi connectivity index (χ3n) is 3.29. The van der Waals surface area contributed by atoms with Gasteiger partial charge in [0.15, 0.2) is 0 Å². The molecule has 0 spiro atoms. The van der Waals surface area contributed by atoms with Crippen LogP contribution in [0.3, 0.4) is 0 Å². The van der Waals surface area contributed by atoms with Crippen molar-refractivity contribution in [3.63, 3.8) is 0 Å². The number of rotatable bonds is 1. The fourth-order valence-electron chi connectivity index (χ4n) is 2.26. The molecule has 0 aliphatic rings. The Hall–Kier alpha value is -2.62. The van der Waals surface area contributed by atoms with Crippen LogP contribution in [0.25, 0.3) is 10.9 Å². The standard InChI is InChI=1S/C16H15N3O/c1-11-5-3-7-13(9-11)18-16(20)19-15-8-4-6-12(2)14(15)10-17-19/h3-10H,1-2H3,(H,18,20). The van der Waals surface area contributed by atoms with Crippen molar-refractivity contribution in [3.05, 3.63) is 59.8 Å². The van der Waals surface area contributed by atoms with Gasteiger partial charge in [-0.3, -0.25) is 0 Å². The van der Waals surface area contributed by atoms with Gasteiger partial charge in [0, 0.05) is 11.1 Å². The van der Waals surface area contributed by atoms with Crippen molar-refractivity contribution in [1.29, 1.82) is 0 Å². The molecule has 0 aliphatic carbocycles. The van der Waals surface area contributed by atoms with E-state index in [1.807, 2.05) is 56.3 Å². The monoisotopic (exact) mass is 265 g/mol. The second-order valence-corrected chi connectivity index (χ2v) is 4.86. The first-order chi connectivity index (χ1) is 9.65. The zero-order valence-electron chi connectivity index (χ0n) is 11.4. The molecule has 0 aliphatic heterocycles. The minimum Gasteiger partial charge on any atom is -0.306 e. The summed E-state index contributed by atoms with van der Waals surface area (Å²) in [6.07, 6.45) is 1.72. The van der Waals surface area contributed by atoms with Crippen LogP contribution in [0.1, 0.15) is 11.1 Å². The van der Waals surface area contributed by atoms with Crippen LogP contribution in [-0.4, -0.2) is 15.8 Å². The maximum Gasteiger partial charge on any atom is 0.347 e. The summed E-state index contributed by atoms with van der Waals surface area (Å²) in [5.74, 6) is 0. The second-order valence-electron chi connectivity index (χ2n) is 4.86. The van der Waals surface area contributed by atoms with Crippen molar-refractivity contribution in [1.82, 2.24) is 9.78 Å². The number of fused-ring (bicyclic) bond motifs is 1. The topological polar surface area (TPSA) is 46.9 Å². The number of hydrogen-bond donors (Lipinski definition) is 1. The molecule has 3 rings (SSSR count). The molecule has 1 heterocycles. The lowest BCUT2D eigenvalue weighted by Gasteiger charge is -2.06. The Morgan fingerprint density at radius 2 is 1.95 bits per heavy atom. The summed E-state index contributed by atoms with van der Waals surface area (Å²) in [6.45, 7) is 4.00. The Labute approximate surface area is 117 Å². The Kier molecular flexibility index (Phi) is 2.99. The number of amides is 1. The fourth-order valence-corrected chi connectivity index (χ4v) is 2.26. The molecule has 1 aromatic heterocycles. The van der Waals surface area contributed by atoms with Crippen molar-refractivity contribution >= 4 is 22.6 Å². The fraction of sp³-hybridized carbons (Fsp3) is 0.125. The maximum absolute atomic E-state index is 12.3.